The highest BCUT2D eigenvalue weighted by Gasteiger charge is 2.53. The molecule has 0 amide bonds. The van der Waals surface area contributed by atoms with Crippen molar-refractivity contribution in [3.05, 3.63) is 35.4 Å². The second kappa shape index (κ2) is 11.2. The molecule has 1 unspecified atom stereocenters. The molecule has 3 nitrogen and oxygen atoms in total. The van der Waals surface area contributed by atoms with E-state index in [1.54, 1.807) is 0 Å². The second-order valence-corrected chi connectivity index (χ2v) is 9.25. The Hall–Kier alpha value is -1.35. The molecule has 0 saturated carbocycles. The quantitative estimate of drug-likeness (QED) is 0.324. The SMILES string of the molecule is CCCCCCCCCCCCCCC1(O)c2ccccc2C2=[N+](C)CCCN21. The average Bonchev–Trinajstić information content (AvgIpc) is 2.99. The average molecular weight is 400 g/mol. The lowest BCUT2D eigenvalue weighted by Gasteiger charge is -2.32. The number of unbranched alkanes of at least 4 members (excludes halogenated alkanes) is 11. The number of fused-ring (bicyclic) bond motifs is 3. The van der Waals surface area contributed by atoms with Crippen LogP contribution >= 0.6 is 0 Å². The van der Waals surface area contributed by atoms with Crippen LogP contribution in [0.4, 0.5) is 0 Å². The lowest BCUT2D eigenvalue weighted by Crippen LogP contribution is -2.49. The van der Waals surface area contributed by atoms with Crippen LogP contribution in [0.15, 0.2) is 24.3 Å². The van der Waals surface area contributed by atoms with Crippen LogP contribution in [0.2, 0.25) is 0 Å². The Kier molecular flexibility index (Phi) is 8.59. The molecule has 3 rings (SSSR count). The Bertz CT molecular complexity index is 668. The Morgan fingerprint density at radius 2 is 1.48 bits per heavy atom. The standard InChI is InChI=1S/C26H43N2O/c1-3-4-5-6-7-8-9-10-11-12-13-16-20-26(29)24-19-15-14-18-23(24)25-27(2)21-17-22-28(25)26/h14-15,18-19,29H,3-13,16-17,20-22H2,1-2H3/q+1. The summed E-state index contributed by atoms with van der Waals surface area (Å²) >= 11 is 0. The fourth-order valence-corrected chi connectivity index (χ4v) is 5.25. The summed E-state index contributed by atoms with van der Waals surface area (Å²) in [6, 6.07) is 8.49. The van der Waals surface area contributed by atoms with E-state index < -0.39 is 5.72 Å². The van der Waals surface area contributed by atoms with E-state index in [9.17, 15) is 5.11 Å². The maximum Gasteiger partial charge on any atom is 0.282 e. The van der Waals surface area contributed by atoms with Gasteiger partial charge in [0, 0.05) is 18.4 Å². The summed E-state index contributed by atoms with van der Waals surface area (Å²) in [7, 11) is 2.16. The van der Waals surface area contributed by atoms with Crippen LogP contribution < -0.4 is 0 Å². The molecule has 0 saturated heterocycles. The van der Waals surface area contributed by atoms with Crippen molar-refractivity contribution in [2.24, 2.45) is 0 Å². The Morgan fingerprint density at radius 3 is 2.14 bits per heavy atom. The van der Waals surface area contributed by atoms with E-state index in [1.807, 2.05) is 0 Å². The number of hydrogen-bond acceptors (Lipinski definition) is 2. The highest BCUT2D eigenvalue weighted by Crippen LogP contribution is 2.42. The van der Waals surface area contributed by atoms with Crippen molar-refractivity contribution in [1.29, 1.82) is 0 Å². The number of rotatable bonds is 13. The maximum absolute atomic E-state index is 11.7. The molecule has 0 fully saturated rings. The van der Waals surface area contributed by atoms with Gasteiger partial charge < -0.3 is 5.11 Å². The fourth-order valence-electron chi connectivity index (χ4n) is 5.25. The van der Waals surface area contributed by atoms with Crippen molar-refractivity contribution in [1.82, 2.24) is 4.90 Å². The van der Waals surface area contributed by atoms with Crippen LogP contribution in [0.25, 0.3) is 0 Å². The van der Waals surface area contributed by atoms with Gasteiger partial charge in [-0.2, -0.15) is 0 Å². The molecule has 2 heterocycles. The molecule has 0 radical (unpaired) electrons. The third-order valence-corrected chi connectivity index (χ3v) is 6.92. The number of aliphatic hydroxyl groups is 1. The molecule has 0 bridgehead atoms. The van der Waals surface area contributed by atoms with Crippen molar-refractivity contribution in [2.75, 3.05) is 20.1 Å². The van der Waals surface area contributed by atoms with Crippen molar-refractivity contribution in [3.8, 4) is 0 Å². The molecule has 2 aliphatic heterocycles. The van der Waals surface area contributed by atoms with E-state index in [2.05, 4.69) is 47.7 Å². The van der Waals surface area contributed by atoms with E-state index in [1.165, 1.54) is 82.0 Å². The predicted octanol–water partition coefficient (Wildman–Crippen LogP) is 6.03. The molecule has 0 aromatic heterocycles. The summed E-state index contributed by atoms with van der Waals surface area (Å²) in [5.74, 6) is 1.23. The first-order valence-corrected chi connectivity index (χ1v) is 12.4. The van der Waals surface area contributed by atoms with Crippen LogP contribution in [0.5, 0.6) is 0 Å². The molecule has 3 heteroatoms. The van der Waals surface area contributed by atoms with Gasteiger partial charge in [-0.3, -0.25) is 4.58 Å². The van der Waals surface area contributed by atoms with Gasteiger partial charge in [0.25, 0.3) is 5.84 Å². The Morgan fingerprint density at radius 1 is 0.897 bits per heavy atom. The van der Waals surface area contributed by atoms with Crippen LogP contribution in [-0.4, -0.2) is 40.6 Å². The number of hydrogen-bond donors (Lipinski definition) is 1. The molecule has 0 aliphatic carbocycles. The van der Waals surface area contributed by atoms with Crippen molar-refractivity contribution in [3.63, 3.8) is 0 Å². The Balaban J connectivity index is 1.39. The fraction of sp³-hybridized carbons (Fsp3) is 0.731. The summed E-state index contributed by atoms with van der Waals surface area (Å²) in [6.45, 7) is 4.32. The molecule has 162 valence electrons. The van der Waals surface area contributed by atoms with Gasteiger partial charge in [0.15, 0.2) is 0 Å². The van der Waals surface area contributed by atoms with E-state index in [0.717, 1.165) is 37.9 Å². The first kappa shape index (κ1) is 22.3. The van der Waals surface area contributed by atoms with Crippen LogP contribution in [0, 0.1) is 0 Å². The summed E-state index contributed by atoms with van der Waals surface area (Å²) in [4.78, 5) is 2.28. The topological polar surface area (TPSA) is 26.5 Å². The highest BCUT2D eigenvalue weighted by molar-refractivity contribution is 6.00. The van der Waals surface area contributed by atoms with Crippen molar-refractivity contribution in [2.45, 2.75) is 103 Å². The van der Waals surface area contributed by atoms with E-state index in [4.69, 9.17) is 0 Å². The summed E-state index contributed by atoms with van der Waals surface area (Å²) < 4.78 is 2.32. The van der Waals surface area contributed by atoms with Crippen molar-refractivity contribution < 1.29 is 9.68 Å². The molecule has 1 atom stereocenters. The maximum atomic E-state index is 11.7. The zero-order chi connectivity index (χ0) is 20.5. The lowest BCUT2D eigenvalue weighted by atomic mass is 9.95. The van der Waals surface area contributed by atoms with Gasteiger partial charge in [-0.05, 0) is 12.5 Å². The van der Waals surface area contributed by atoms with Gasteiger partial charge in [0.2, 0.25) is 5.72 Å². The number of benzene rings is 1. The van der Waals surface area contributed by atoms with E-state index in [-0.39, 0.29) is 0 Å². The van der Waals surface area contributed by atoms with Gasteiger partial charge in [-0.1, -0.05) is 95.8 Å². The minimum absolute atomic E-state index is 0.806. The third-order valence-electron chi connectivity index (χ3n) is 6.92. The minimum Gasteiger partial charge on any atom is -0.349 e. The second-order valence-electron chi connectivity index (χ2n) is 9.25. The highest BCUT2D eigenvalue weighted by atomic mass is 16.3. The molecule has 29 heavy (non-hydrogen) atoms. The smallest absolute Gasteiger partial charge is 0.282 e. The summed E-state index contributed by atoms with van der Waals surface area (Å²) in [5, 5.41) is 11.7. The van der Waals surface area contributed by atoms with Gasteiger partial charge in [0.1, 0.15) is 0 Å². The molecule has 1 aromatic carbocycles. The lowest BCUT2D eigenvalue weighted by molar-refractivity contribution is -0.510. The normalized spacial score (nSPS) is 20.9. The van der Waals surface area contributed by atoms with Gasteiger partial charge >= 0.3 is 0 Å². The molecule has 1 aromatic rings. The molecular formula is C26H43N2O+. The molecule has 1 N–H and O–H groups in total. The Labute approximate surface area is 178 Å². The number of nitrogens with zero attached hydrogens (tertiary/aromatic N) is 2. The first-order valence-electron chi connectivity index (χ1n) is 12.4. The number of amidine groups is 1. The van der Waals surface area contributed by atoms with Gasteiger partial charge in [-0.25, -0.2) is 4.90 Å². The van der Waals surface area contributed by atoms with Gasteiger partial charge in [0.05, 0.1) is 25.7 Å². The van der Waals surface area contributed by atoms with Crippen LogP contribution in [0.1, 0.15) is 108 Å². The summed E-state index contributed by atoms with van der Waals surface area (Å²) in [6.07, 6.45) is 18.2. The molecule has 0 spiro atoms. The predicted molar refractivity (Wildman–Crippen MR) is 123 cm³/mol. The van der Waals surface area contributed by atoms with Crippen LogP contribution in [0.3, 0.4) is 0 Å². The largest absolute Gasteiger partial charge is 0.349 e. The van der Waals surface area contributed by atoms with Gasteiger partial charge in [-0.15, -0.1) is 0 Å². The van der Waals surface area contributed by atoms with Crippen molar-refractivity contribution >= 4 is 5.84 Å². The van der Waals surface area contributed by atoms with E-state index in [0.29, 0.717) is 0 Å². The minimum atomic E-state index is -0.806. The zero-order valence-electron chi connectivity index (χ0n) is 19.0. The third kappa shape index (κ3) is 5.42. The monoisotopic (exact) mass is 399 g/mol. The van der Waals surface area contributed by atoms with Crippen LogP contribution in [-0.2, 0) is 5.72 Å². The van der Waals surface area contributed by atoms with E-state index >= 15 is 0 Å². The first-order chi connectivity index (χ1) is 14.2. The summed E-state index contributed by atoms with van der Waals surface area (Å²) in [5.41, 5.74) is 1.54. The molecular weight excluding hydrogens is 356 g/mol. The zero-order valence-corrected chi connectivity index (χ0v) is 19.0. The molecule has 2 aliphatic rings.